The Hall–Kier alpha value is -2.32. The standard InChI is InChI=1S/C24H25F2NO4/c25-17-8-18(26)23-16(7-13-1-3-14(4-2-13)15-5-6-15)11-27(19(23)9-17)22-10-20(29)24(30)21(12-28)31-22/h1-4,8-9,11,15,20-22,24,28-30H,5-7,10,12H2/t20?,21-,22?,24-/m0/s1. The van der Waals surface area contributed by atoms with Crippen molar-refractivity contribution < 1.29 is 28.8 Å². The number of rotatable bonds is 5. The fourth-order valence-electron chi connectivity index (χ4n) is 4.56. The maximum absolute atomic E-state index is 14.8. The van der Waals surface area contributed by atoms with Gasteiger partial charge in [-0.3, -0.25) is 0 Å². The van der Waals surface area contributed by atoms with Gasteiger partial charge in [0.2, 0.25) is 0 Å². The van der Waals surface area contributed by atoms with E-state index in [0.717, 1.165) is 11.6 Å². The van der Waals surface area contributed by atoms with Crippen LogP contribution in [0.2, 0.25) is 0 Å². The lowest BCUT2D eigenvalue weighted by atomic mass is 10.0. The quantitative estimate of drug-likeness (QED) is 0.581. The molecule has 0 bridgehead atoms. The van der Waals surface area contributed by atoms with Crippen LogP contribution in [0.1, 0.15) is 48.1 Å². The van der Waals surface area contributed by atoms with Gasteiger partial charge in [0.1, 0.15) is 30.1 Å². The molecule has 1 aliphatic heterocycles. The topological polar surface area (TPSA) is 74.9 Å². The SMILES string of the molecule is OC[C@@H]1OC(n2cc(Cc3ccc(C4CC4)cc3)c3c(F)cc(F)cc32)CC(O)[C@@H]1O. The monoisotopic (exact) mass is 429 g/mol. The van der Waals surface area contributed by atoms with Crippen molar-refractivity contribution >= 4 is 10.9 Å². The lowest BCUT2D eigenvalue weighted by Crippen LogP contribution is -2.48. The van der Waals surface area contributed by atoms with Crippen molar-refractivity contribution in [3.63, 3.8) is 0 Å². The fourth-order valence-corrected chi connectivity index (χ4v) is 4.56. The van der Waals surface area contributed by atoms with Crippen molar-refractivity contribution in [3.05, 3.63) is 70.9 Å². The molecule has 3 aromatic rings. The summed E-state index contributed by atoms with van der Waals surface area (Å²) in [6.45, 7) is -0.475. The third kappa shape index (κ3) is 3.87. The zero-order chi connectivity index (χ0) is 21.7. The second kappa shape index (κ2) is 7.98. The molecule has 1 saturated heterocycles. The average molecular weight is 429 g/mol. The van der Waals surface area contributed by atoms with Crippen LogP contribution < -0.4 is 0 Å². The van der Waals surface area contributed by atoms with Crippen molar-refractivity contribution in [3.8, 4) is 0 Å². The minimum absolute atomic E-state index is 0.0368. The first-order valence-corrected chi connectivity index (χ1v) is 10.6. The highest BCUT2D eigenvalue weighted by Crippen LogP contribution is 2.40. The second-order valence-electron chi connectivity index (χ2n) is 8.64. The zero-order valence-corrected chi connectivity index (χ0v) is 16.9. The summed E-state index contributed by atoms with van der Waals surface area (Å²) in [5.74, 6) is -0.714. The van der Waals surface area contributed by atoms with Crippen molar-refractivity contribution in [2.45, 2.75) is 56.1 Å². The van der Waals surface area contributed by atoms with Gasteiger partial charge in [0.05, 0.1) is 18.2 Å². The molecule has 0 spiro atoms. The number of aliphatic hydroxyl groups is 3. The molecule has 164 valence electrons. The van der Waals surface area contributed by atoms with Gasteiger partial charge in [-0.1, -0.05) is 24.3 Å². The van der Waals surface area contributed by atoms with Crippen LogP contribution in [0.4, 0.5) is 8.78 Å². The number of aliphatic hydroxyl groups excluding tert-OH is 3. The van der Waals surface area contributed by atoms with Crippen molar-refractivity contribution in [1.29, 1.82) is 0 Å². The normalized spacial score (nSPS) is 26.5. The molecule has 5 nitrogen and oxygen atoms in total. The van der Waals surface area contributed by atoms with E-state index in [4.69, 9.17) is 4.74 Å². The van der Waals surface area contributed by atoms with Crippen LogP contribution in [0.5, 0.6) is 0 Å². The van der Waals surface area contributed by atoms with Crippen molar-refractivity contribution in [2.75, 3.05) is 6.61 Å². The first-order valence-electron chi connectivity index (χ1n) is 10.6. The molecule has 3 N–H and O–H groups in total. The van der Waals surface area contributed by atoms with E-state index in [9.17, 15) is 24.1 Å². The Kier molecular flexibility index (Phi) is 5.30. The Morgan fingerprint density at radius 2 is 1.81 bits per heavy atom. The number of fused-ring (bicyclic) bond motifs is 1. The highest BCUT2D eigenvalue weighted by Gasteiger charge is 2.37. The van der Waals surface area contributed by atoms with E-state index in [1.54, 1.807) is 10.8 Å². The van der Waals surface area contributed by atoms with Gasteiger partial charge in [0, 0.05) is 24.1 Å². The highest BCUT2D eigenvalue weighted by atomic mass is 19.1. The minimum Gasteiger partial charge on any atom is -0.394 e. The van der Waals surface area contributed by atoms with E-state index in [0.29, 0.717) is 28.8 Å². The van der Waals surface area contributed by atoms with Crippen LogP contribution in [-0.4, -0.2) is 44.8 Å². The van der Waals surface area contributed by atoms with E-state index in [1.807, 2.05) is 12.1 Å². The maximum Gasteiger partial charge on any atom is 0.137 e. The lowest BCUT2D eigenvalue weighted by Gasteiger charge is -2.37. The Morgan fingerprint density at radius 3 is 2.48 bits per heavy atom. The second-order valence-corrected chi connectivity index (χ2v) is 8.64. The first-order chi connectivity index (χ1) is 14.9. The average Bonchev–Trinajstić information content (AvgIpc) is 3.53. The summed E-state index contributed by atoms with van der Waals surface area (Å²) in [7, 11) is 0. The number of halogens is 2. The molecule has 5 rings (SSSR count). The molecule has 1 aliphatic carbocycles. The maximum atomic E-state index is 14.8. The number of ether oxygens (including phenoxy) is 1. The third-order valence-corrected chi connectivity index (χ3v) is 6.39. The minimum atomic E-state index is -1.22. The molecule has 2 heterocycles. The van der Waals surface area contributed by atoms with Gasteiger partial charge in [-0.2, -0.15) is 0 Å². The molecular formula is C24H25F2NO4. The van der Waals surface area contributed by atoms with Crippen LogP contribution in [0.3, 0.4) is 0 Å². The number of aromatic nitrogens is 1. The Bertz CT molecular complexity index is 1090. The molecule has 0 radical (unpaired) electrons. The van der Waals surface area contributed by atoms with Gasteiger partial charge in [-0.25, -0.2) is 8.78 Å². The first kappa shape index (κ1) is 20.6. The van der Waals surface area contributed by atoms with Gasteiger partial charge in [-0.15, -0.1) is 0 Å². The predicted molar refractivity (Wildman–Crippen MR) is 111 cm³/mol. The molecule has 7 heteroatoms. The summed E-state index contributed by atoms with van der Waals surface area (Å²) < 4.78 is 36.2. The summed E-state index contributed by atoms with van der Waals surface area (Å²) in [5, 5.41) is 30.0. The molecule has 2 fully saturated rings. The van der Waals surface area contributed by atoms with Crippen molar-refractivity contribution in [2.24, 2.45) is 0 Å². The van der Waals surface area contributed by atoms with Crippen LogP contribution in [-0.2, 0) is 11.2 Å². The largest absolute Gasteiger partial charge is 0.394 e. The number of hydrogen-bond donors (Lipinski definition) is 3. The smallest absolute Gasteiger partial charge is 0.137 e. The molecule has 1 saturated carbocycles. The van der Waals surface area contributed by atoms with E-state index < -0.39 is 42.8 Å². The third-order valence-electron chi connectivity index (χ3n) is 6.39. The zero-order valence-electron chi connectivity index (χ0n) is 16.9. The Morgan fingerprint density at radius 1 is 1.06 bits per heavy atom. The molecule has 2 aromatic carbocycles. The lowest BCUT2D eigenvalue weighted by molar-refractivity contribution is -0.199. The van der Waals surface area contributed by atoms with Crippen molar-refractivity contribution in [1.82, 2.24) is 4.57 Å². The molecule has 1 aromatic heterocycles. The van der Waals surface area contributed by atoms with Gasteiger partial charge in [0.25, 0.3) is 0 Å². The Labute approximate surface area is 178 Å². The van der Waals surface area contributed by atoms with Crippen LogP contribution in [0.15, 0.2) is 42.6 Å². The summed E-state index contributed by atoms with van der Waals surface area (Å²) in [6, 6.07) is 10.4. The molecule has 2 unspecified atom stereocenters. The molecule has 4 atom stereocenters. The van der Waals surface area contributed by atoms with E-state index in [2.05, 4.69) is 12.1 Å². The molecule has 31 heavy (non-hydrogen) atoms. The van der Waals surface area contributed by atoms with Crippen LogP contribution >= 0.6 is 0 Å². The fraction of sp³-hybridized carbons (Fsp3) is 0.417. The van der Waals surface area contributed by atoms with E-state index in [1.165, 1.54) is 24.5 Å². The molecular weight excluding hydrogens is 404 g/mol. The van der Waals surface area contributed by atoms with Crippen LogP contribution in [0.25, 0.3) is 10.9 Å². The molecule has 2 aliphatic rings. The molecule has 0 amide bonds. The van der Waals surface area contributed by atoms with Gasteiger partial charge in [0.15, 0.2) is 0 Å². The summed E-state index contributed by atoms with van der Waals surface area (Å²) in [4.78, 5) is 0. The predicted octanol–water partition coefficient (Wildman–Crippen LogP) is 3.39. The number of nitrogens with zero attached hydrogens (tertiary/aromatic N) is 1. The summed E-state index contributed by atoms with van der Waals surface area (Å²) in [6.07, 6.45) is 0.555. The number of benzene rings is 2. The van der Waals surface area contributed by atoms with Gasteiger partial charge < -0.3 is 24.6 Å². The highest BCUT2D eigenvalue weighted by molar-refractivity contribution is 5.85. The Balaban J connectivity index is 1.53. The van der Waals surface area contributed by atoms with Gasteiger partial charge in [-0.05, 0) is 47.9 Å². The summed E-state index contributed by atoms with van der Waals surface area (Å²) in [5.41, 5.74) is 3.32. The summed E-state index contributed by atoms with van der Waals surface area (Å²) >= 11 is 0. The van der Waals surface area contributed by atoms with Gasteiger partial charge >= 0.3 is 0 Å². The van der Waals surface area contributed by atoms with Crippen LogP contribution in [0, 0.1) is 11.6 Å². The van der Waals surface area contributed by atoms with E-state index in [-0.39, 0.29) is 6.42 Å². The number of hydrogen-bond acceptors (Lipinski definition) is 4. The van der Waals surface area contributed by atoms with E-state index >= 15 is 0 Å².